The summed E-state index contributed by atoms with van der Waals surface area (Å²) in [6.07, 6.45) is 5.87. The lowest BCUT2D eigenvalue weighted by molar-refractivity contribution is -0.181. The van der Waals surface area contributed by atoms with Crippen molar-refractivity contribution in [1.29, 1.82) is 0 Å². The Bertz CT molecular complexity index is 257. The highest BCUT2D eigenvalue weighted by Gasteiger charge is 2.19. The fourth-order valence-corrected chi connectivity index (χ4v) is 1.37. The molecule has 6 nitrogen and oxygen atoms in total. The lowest BCUT2D eigenvalue weighted by atomic mass is 10.1. The van der Waals surface area contributed by atoms with Crippen molar-refractivity contribution in [3.63, 3.8) is 0 Å². The second kappa shape index (κ2) is 6.34. The van der Waals surface area contributed by atoms with Crippen molar-refractivity contribution in [3.05, 3.63) is 12.4 Å². The van der Waals surface area contributed by atoms with E-state index < -0.39 is 12.0 Å². The van der Waals surface area contributed by atoms with E-state index in [4.69, 9.17) is 16.3 Å². The van der Waals surface area contributed by atoms with Gasteiger partial charge in [-0.15, -0.1) is 0 Å². The molecule has 1 rings (SSSR count). The van der Waals surface area contributed by atoms with E-state index in [1.165, 1.54) is 5.06 Å². The van der Waals surface area contributed by atoms with Crippen molar-refractivity contribution in [2.75, 3.05) is 20.3 Å². The van der Waals surface area contributed by atoms with Gasteiger partial charge in [-0.25, -0.2) is 4.79 Å². The van der Waals surface area contributed by atoms with Gasteiger partial charge in [-0.1, -0.05) is 6.42 Å². The molecule has 4 N–H and O–H groups in total. The van der Waals surface area contributed by atoms with E-state index in [2.05, 4.69) is 0 Å². The van der Waals surface area contributed by atoms with Crippen LogP contribution in [0.1, 0.15) is 19.3 Å². The zero-order valence-electron chi connectivity index (χ0n) is 9.63. The first-order valence-electron chi connectivity index (χ1n) is 5.46. The molecule has 1 aliphatic heterocycles. The summed E-state index contributed by atoms with van der Waals surface area (Å²) >= 11 is 0. The predicted octanol–water partition coefficient (Wildman–Crippen LogP) is -0.423. The van der Waals surface area contributed by atoms with Gasteiger partial charge in [0.25, 0.3) is 0 Å². The van der Waals surface area contributed by atoms with Crippen LogP contribution in [-0.4, -0.2) is 42.2 Å². The number of unbranched alkanes of at least 4 members (excludes halogenated alkanes) is 1. The fourth-order valence-electron chi connectivity index (χ4n) is 1.37. The minimum Gasteiger partial charge on any atom is -0.359 e. The van der Waals surface area contributed by atoms with Crippen LogP contribution in [0.15, 0.2) is 12.4 Å². The van der Waals surface area contributed by atoms with Crippen molar-refractivity contribution >= 4 is 5.97 Å². The van der Waals surface area contributed by atoms with Crippen molar-refractivity contribution in [3.8, 4) is 0 Å². The Morgan fingerprint density at radius 1 is 1.50 bits per heavy atom. The SMILES string of the molecule is CN1C=CN(OC(=O)[C@@H](N)CCCCN)C1. The highest BCUT2D eigenvalue weighted by atomic mass is 16.7. The van der Waals surface area contributed by atoms with Gasteiger partial charge in [0.1, 0.15) is 12.7 Å². The zero-order valence-corrected chi connectivity index (χ0v) is 9.63. The molecular weight excluding hydrogens is 208 g/mol. The number of nitrogens with zero attached hydrogens (tertiary/aromatic N) is 2. The summed E-state index contributed by atoms with van der Waals surface area (Å²) in [4.78, 5) is 18.5. The second-order valence-electron chi connectivity index (χ2n) is 3.91. The molecule has 0 spiro atoms. The van der Waals surface area contributed by atoms with Gasteiger partial charge in [-0.3, -0.25) is 0 Å². The van der Waals surface area contributed by atoms with E-state index in [0.717, 1.165) is 12.8 Å². The number of hydrogen-bond donors (Lipinski definition) is 2. The van der Waals surface area contributed by atoms with Gasteiger partial charge in [0.15, 0.2) is 0 Å². The summed E-state index contributed by atoms with van der Waals surface area (Å²) in [6, 6.07) is -0.564. The first kappa shape index (κ1) is 12.8. The molecule has 0 aromatic rings. The second-order valence-corrected chi connectivity index (χ2v) is 3.91. The summed E-state index contributed by atoms with van der Waals surface area (Å²) in [5, 5.41) is 1.46. The van der Waals surface area contributed by atoms with Crippen LogP contribution in [0.4, 0.5) is 0 Å². The van der Waals surface area contributed by atoms with Crippen LogP contribution in [0, 0.1) is 0 Å². The molecule has 0 aliphatic carbocycles. The molecule has 0 amide bonds. The monoisotopic (exact) mass is 228 g/mol. The normalized spacial score (nSPS) is 16.7. The van der Waals surface area contributed by atoms with Crippen LogP contribution in [0.25, 0.3) is 0 Å². The average molecular weight is 228 g/mol. The maximum absolute atomic E-state index is 11.5. The average Bonchev–Trinajstić information content (AvgIpc) is 2.64. The Balaban J connectivity index is 2.21. The van der Waals surface area contributed by atoms with Crippen LogP contribution in [0.3, 0.4) is 0 Å². The molecule has 6 heteroatoms. The lowest BCUT2D eigenvalue weighted by Gasteiger charge is -2.19. The molecular formula is C10H20N4O2. The Hall–Kier alpha value is -1.27. The molecule has 92 valence electrons. The summed E-state index contributed by atoms with van der Waals surface area (Å²) in [5.74, 6) is -0.392. The smallest absolute Gasteiger partial charge is 0.348 e. The van der Waals surface area contributed by atoms with Crippen LogP contribution in [0.2, 0.25) is 0 Å². The molecule has 0 bridgehead atoms. The Morgan fingerprint density at radius 2 is 2.25 bits per heavy atom. The van der Waals surface area contributed by atoms with Crippen molar-refractivity contribution in [2.45, 2.75) is 25.3 Å². The fraction of sp³-hybridized carbons (Fsp3) is 0.700. The van der Waals surface area contributed by atoms with Gasteiger partial charge < -0.3 is 21.2 Å². The Kier molecular flexibility index (Phi) is 5.07. The molecule has 0 saturated carbocycles. The quantitative estimate of drug-likeness (QED) is 0.600. The van der Waals surface area contributed by atoms with Gasteiger partial charge >= 0.3 is 5.97 Å². The Labute approximate surface area is 95.8 Å². The summed E-state index contributed by atoms with van der Waals surface area (Å²) in [7, 11) is 1.89. The molecule has 0 aromatic carbocycles. The number of nitrogens with two attached hydrogens (primary N) is 2. The van der Waals surface area contributed by atoms with E-state index >= 15 is 0 Å². The van der Waals surface area contributed by atoms with Crippen molar-refractivity contribution in [2.24, 2.45) is 11.5 Å². The van der Waals surface area contributed by atoms with E-state index in [1.54, 1.807) is 6.20 Å². The molecule has 16 heavy (non-hydrogen) atoms. The highest BCUT2D eigenvalue weighted by molar-refractivity contribution is 5.75. The maximum Gasteiger partial charge on any atom is 0.348 e. The summed E-state index contributed by atoms with van der Waals surface area (Å²) in [5.41, 5.74) is 11.0. The number of carbonyl (C=O) groups excluding carboxylic acids is 1. The summed E-state index contributed by atoms with van der Waals surface area (Å²) in [6.45, 7) is 1.17. The molecule has 1 heterocycles. The summed E-state index contributed by atoms with van der Waals surface area (Å²) < 4.78 is 0. The molecule has 0 aromatic heterocycles. The standard InChI is InChI=1S/C10H20N4O2/c1-13-6-7-14(8-13)16-10(15)9(12)4-2-3-5-11/h6-7,9H,2-5,8,11-12H2,1H3/t9-/m0/s1. The number of hydrogen-bond acceptors (Lipinski definition) is 6. The van der Waals surface area contributed by atoms with Crippen LogP contribution in [0.5, 0.6) is 0 Å². The number of carbonyl (C=O) groups is 1. The minimum absolute atomic E-state index is 0.392. The molecule has 0 unspecified atom stereocenters. The largest absolute Gasteiger partial charge is 0.359 e. The topological polar surface area (TPSA) is 84.8 Å². The van der Waals surface area contributed by atoms with Crippen molar-refractivity contribution < 1.29 is 9.63 Å². The third kappa shape index (κ3) is 4.08. The number of rotatable bonds is 6. The Morgan fingerprint density at radius 3 is 2.81 bits per heavy atom. The molecule has 0 fully saturated rings. The van der Waals surface area contributed by atoms with Gasteiger partial charge in [-0.2, -0.15) is 5.06 Å². The van der Waals surface area contributed by atoms with E-state index in [1.807, 2.05) is 18.1 Å². The first-order chi connectivity index (χ1) is 7.63. The van der Waals surface area contributed by atoms with Crippen LogP contribution >= 0.6 is 0 Å². The van der Waals surface area contributed by atoms with Gasteiger partial charge in [-0.05, 0) is 19.4 Å². The maximum atomic E-state index is 11.5. The first-order valence-corrected chi connectivity index (χ1v) is 5.46. The predicted molar refractivity (Wildman–Crippen MR) is 60.6 cm³/mol. The highest BCUT2D eigenvalue weighted by Crippen LogP contribution is 2.07. The zero-order chi connectivity index (χ0) is 12.0. The third-order valence-corrected chi connectivity index (χ3v) is 2.33. The van der Waals surface area contributed by atoms with E-state index in [0.29, 0.717) is 19.6 Å². The third-order valence-electron chi connectivity index (χ3n) is 2.33. The molecule has 0 saturated heterocycles. The molecule has 1 aliphatic rings. The van der Waals surface area contributed by atoms with Gasteiger partial charge in [0, 0.05) is 13.2 Å². The molecule has 0 radical (unpaired) electrons. The van der Waals surface area contributed by atoms with Crippen LogP contribution < -0.4 is 11.5 Å². The minimum atomic E-state index is -0.564. The van der Waals surface area contributed by atoms with Crippen molar-refractivity contribution in [1.82, 2.24) is 9.96 Å². The van der Waals surface area contributed by atoms with Gasteiger partial charge in [0.2, 0.25) is 0 Å². The van der Waals surface area contributed by atoms with E-state index in [9.17, 15) is 4.79 Å². The van der Waals surface area contributed by atoms with Gasteiger partial charge in [0.05, 0.1) is 6.20 Å². The molecule has 1 atom stereocenters. The number of hydroxylamine groups is 2. The van der Waals surface area contributed by atoms with E-state index in [-0.39, 0.29) is 0 Å². The lowest BCUT2D eigenvalue weighted by Crippen LogP contribution is -2.37. The van der Waals surface area contributed by atoms with Crippen LogP contribution in [-0.2, 0) is 9.63 Å².